The first-order valence-electron chi connectivity index (χ1n) is 5.64. The van der Waals surface area contributed by atoms with Crippen molar-refractivity contribution in [2.75, 3.05) is 18.1 Å². The van der Waals surface area contributed by atoms with Gasteiger partial charge in [0, 0.05) is 6.54 Å². The van der Waals surface area contributed by atoms with Crippen molar-refractivity contribution in [1.82, 2.24) is 4.90 Å². The fraction of sp³-hybridized carbons (Fsp3) is 0.818. The average Bonchev–Trinajstić information content (AvgIpc) is 2.62. The van der Waals surface area contributed by atoms with Crippen molar-refractivity contribution in [3.05, 3.63) is 0 Å². The van der Waals surface area contributed by atoms with Crippen LogP contribution in [0.3, 0.4) is 0 Å². The highest BCUT2D eigenvalue weighted by Crippen LogP contribution is 2.29. The molecule has 1 saturated heterocycles. The van der Waals surface area contributed by atoms with Crippen LogP contribution in [0, 0.1) is 0 Å². The molecule has 1 aliphatic rings. The molecule has 1 atom stereocenters. The van der Waals surface area contributed by atoms with Crippen LogP contribution in [0.2, 0.25) is 0 Å². The number of rotatable bonds is 5. The van der Waals surface area contributed by atoms with Crippen molar-refractivity contribution in [3.63, 3.8) is 0 Å². The molecule has 1 N–H and O–H groups in total. The highest BCUT2D eigenvalue weighted by Gasteiger charge is 2.45. The number of amides is 1. The number of hydrogen-bond donors (Lipinski definition) is 1. The second-order valence-corrected chi connectivity index (χ2v) is 5.39. The minimum Gasteiger partial charge on any atom is -0.480 e. The van der Waals surface area contributed by atoms with Crippen molar-refractivity contribution in [2.45, 2.75) is 38.6 Å². The lowest BCUT2D eigenvalue weighted by Crippen LogP contribution is -2.51. The van der Waals surface area contributed by atoms with E-state index in [1.165, 1.54) is 4.90 Å². The largest absolute Gasteiger partial charge is 0.480 e. The molecule has 4 nitrogen and oxygen atoms in total. The van der Waals surface area contributed by atoms with Crippen molar-refractivity contribution in [2.24, 2.45) is 0 Å². The summed E-state index contributed by atoms with van der Waals surface area (Å²) in [5.41, 5.74) is -0.982. The van der Waals surface area contributed by atoms with Crippen LogP contribution in [0.5, 0.6) is 0 Å². The SMILES string of the molecule is CCCSCC(=O)N1CCCC1(C)C(=O)O. The molecule has 1 rings (SSSR count). The number of carbonyl (C=O) groups excluding carboxylic acids is 1. The van der Waals surface area contributed by atoms with Crippen LogP contribution in [0.15, 0.2) is 0 Å². The fourth-order valence-electron chi connectivity index (χ4n) is 1.97. The molecular formula is C11H19NO3S. The van der Waals surface area contributed by atoms with Crippen LogP contribution < -0.4 is 0 Å². The molecule has 16 heavy (non-hydrogen) atoms. The van der Waals surface area contributed by atoms with E-state index < -0.39 is 11.5 Å². The van der Waals surface area contributed by atoms with Crippen LogP contribution in [-0.4, -0.2) is 45.5 Å². The molecule has 1 amide bonds. The minimum absolute atomic E-state index is 0.0409. The van der Waals surface area contributed by atoms with E-state index >= 15 is 0 Å². The Labute approximate surface area is 100 Å². The zero-order chi connectivity index (χ0) is 12.2. The van der Waals surface area contributed by atoms with E-state index in [9.17, 15) is 9.59 Å². The molecule has 0 aromatic heterocycles. The van der Waals surface area contributed by atoms with E-state index in [2.05, 4.69) is 6.92 Å². The van der Waals surface area contributed by atoms with Crippen molar-refractivity contribution < 1.29 is 14.7 Å². The maximum Gasteiger partial charge on any atom is 0.329 e. The molecule has 0 radical (unpaired) electrons. The summed E-state index contributed by atoms with van der Waals surface area (Å²) in [6.45, 7) is 4.29. The Morgan fingerprint density at radius 1 is 1.50 bits per heavy atom. The van der Waals surface area contributed by atoms with Gasteiger partial charge < -0.3 is 10.0 Å². The fourth-order valence-corrected chi connectivity index (χ4v) is 2.73. The summed E-state index contributed by atoms with van der Waals surface area (Å²) >= 11 is 1.58. The summed E-state index contributed by atoms with van der Waals surface area (Å²) in [5.74, 6) is 0.416. The van der Waals surface area contributed by atoms with Gasteiger partial charge in [-0.1, -0.05) is 6.92 Å². The lowest BCUT2D eigenvalue weighted by Gasteiger charge is -2.31. The van der Waals surface area contributed by atoms with Crippen LogP contribution in [0.1, 0.15) is 33.1 Å². The average molecular weight is 245 g/mol. The van der Waals surface area contributed by atoms with Gasteiger partial charge in [0.1, 0.15) is 5.54 Å². The summed E-state index contributed by atoms with van der Waals surface area (Å²) in [6.07, 6.45) is 2.38. The van der Waals surface area contributed by atoms with Crippen molar-refractivity contribution in [1.29, 1.82) is 0 Å². The normalized spacial score (nSPS) is 24.8. The molecule has 0 aliphatic carbocycles. The number of likely N-dealkylation sites (tertiary alicyclic amines) is 1. The van der Waals surface area contributed by atoms with Crippen molar-refractivity contribution >= 4 is 23.6 Å². The maximum atomic E-state index is 11.9. The molecule has 0 aromatic rings. The number of carboxylic acids is 1. The molecule has 1 heterocycles. The van der Waals surface area contributed by atoms with E-state index in [0.29, 0.717) is 18.7 Å². The molecule has 1 fully saturated rings. The maximum absolute atomic E-state index is 11.9. The van der Waals surface area contributed by atoms with Gasteiger partial charge in [-0.25, -0.2) is 4.79 Å². The van der Waals surface area contributed by atoms with E-state index in [0.717, 1.165) is 18.6 Å². The molecule has 92 valence electrons. The highest BCUT2D eigenvalue weighted by atomic mass is 32.2. The van der Waals surface area contributed by atoms with Gasteiger partial charge in [-0.05, 0) is 31.9 Å². The minimum atomic E-state index is -0.982. The van der Waals surface area contributed by atoms with Gasteiger partial charge in [-0.2, -0.15) is 11.8 Å². The Hall–Kier alpha value is -0.710. The Balaban J connectivity index is 2.58. The van der Waals surface area contributed by atoms with Gasteiger partial charge in [0.15, 0.2) is 0 Å². The molecule has 5 heteroatoms. The third kappa shape index (κ3) is 2.70. The topological polar surface area (TPSA) is 57.6 Å². The van der Waals surface area contributed by atoms with Crippen LogP contribution in [0.25, 0.3) is 0 Å². The van der Waals surface area contributed by atoms with E-state index in [-0.39, 0.29) is 5.91 Å². The van der Waals surface area contributed by atoms with Crippen molar-refractivity contribution in [3.8, 4) is 0 Å². The number of aliphatic carboxylic acids is 1. The second kappa shape index (κ2) is 5.57. The highest BCUT2D eigenvalue weighted by molar-refractivity contribution is 7.99. The van der Waals surface area contributed by atoms with Gasteiger partial charge >= 0.3 is 5.97 Å². The number of thioether (sulfide) groups is 1. The van der Waals surface area contributed by atoms with Crippen LogP contribution >= 0.6 is 11.8 Å². The lowest BCUT2D eigenvalue weighted by atomic mass is 9.99. The van der Waals surface area contributed by atoms with Gasteiger partial charge in [-0.15, -0.1) is 0 Å². The van der Waals surface area contributed by atoms with Gasteiger partial charge in [0.05, 0.1) is 5.75 Å². The second-order valence-electron chi connectivity index (χ2n) is 4.28. The van der Waals surface area contributed by atoms with Crippen LogP contribution in [-0.2, 0) is 9.59 Å². The van der Waals surface area contributed by atoms with E-state index in [1.54, 1.807) is 18.7 Å². The predicted octanol–water partition coefficient (Wildman–Crippen LogP) is 1.60. The summed E-state index contributed by atoms with van der Waals surface area (Å²) in [4.78, 5) is 24.6. The zero-order valence-electron chi connectivity index (χ0n) is 9.86. The Morgan fingerprint density at radius 3 is 2.75 bits per heavy atom. The Kier molecular flexibility index (Phi) is 4.65. The monoisotopic (exact) mass is 245 g/mol. The van der Waals surface area contributed by atoms with Gasteiger partial charge in [0.25, 0.3) is 0 Å². The predicted molar refractivity (Wildman–Crippen MR) is 64.6 cm³/mol. The Bertz CT molecular complexity index is 282. The first-order valence-corrected chi connectivity index (χ1v) is 6.79. The third-order valence-corrected chi connectivity index (χ3v) is 4.12. The number of carbonyl (C=O) groups is 2. The van der Waals surface area contributed by atoms with Gasteiger partial charge in [0.2, 0.25) is 5.91 Å². The summed E-state index contributed by atoms with van der Waals surface area (Å²) in [7, 11) is 0. The summed E-state index contributed by atoms with van der Waals surface area (Å²) < 4.78 is 0. The number of carboxylic acid groups (broad SMARTS) is 1. The molecule has 1 unspecified atom stereocenters. The molecule has 0 spiro atoms. The zero-order valence-corrected chi connectivity index (χ0v) is 10.7. The Morgan fingerprint density at radius 2 is 2.19 bits per heavy atom. The molecule has 1 aliphatic heterocycles. The number of nitrogens with zero attached hydrogens (tertiary/aromatic N) is 1. The molecule has 0 aromatic carbocycles. The molecular weight excluding hydrogens is 226 g/mol. The smallest absolute Gasteiger partial charge is 0.329 e. The summed E-state index contributed by atoms with van der Waals surface area (Å²) in [5, 5.41) is 9.16. The molecule has 0 bridgehead atoms. The van der Waals surface area contributed by atoms with Gasteiger partial charge in [-0.3, -0.25) is 4.79 Å². The molecule has 0 saturated carbocycles. The first-order chi connectivity index (χ1) is 7.52. The summed E-state index contributed by atoms with van der Waals surface area (Å²) in [6, 6.07) is 0. The third-order valence-electron chi connectivity index (χ3n) is 2.98. The number of hydrogen-bond acceptors (Lipinski definition) is 3. The van der Waals surface area contributed by atoms with E-state index in [4.69, 9.17) is 5.11 Å². The van der Waals surface area contributed by atoms with Crippen LogP contribution in [0.4, 0.5) is 0 Å². The first kappa shape index (κ1) is 13.4. The lowest BCUT2D eigenvalue weighted by molar-refractivity contribution is -0.154. The quantitative estimate of drug-likeness (QED) is 0.747. The van der Waals surface area contributed by atoms with E-state index in [1.807, 2.05) is 0 Å². The standard InChI is InChI=1S/C11H19NO3S/c1-3-7-16-8-9(13)12-6-4-5-11(12,2)10(14)15/h3-8H2,1-2H3,(H,14,15).